The molecule has 0 saturated heterocycles. The summed E-state index contributed by atoms with van der Waals surface area (Å²) in [5.41, 5.74) is 8.18. The fraction of sp³-hybridized carbons (Fsp3) is 0.368. The summed E-state index contributed by atoms with van der Waals surface area (Å²) in [5, 5.41) is 2.92. The van der Waals surface area contributed by atoms with Crippen molar-refractivity contribution < 1.29 is 9.53 Å². The third-order valence-electron chi connectivity index (χ3n) is 4.29. The molecule has 1 amide bonds. The van der Waals surface area contributed by atoms with Crippen molar-refractivity contribution in [1.29, 1.82) is 0 Å². The number of carbonyl (C=O) groups excluding carboxylic acids is 1. The molecule has 1 aliphatic rings. The molecule has 2 aromatic rings. The molecule has 1 aromatic carbocycles. The van der Waals surface area contributed by atoms with Crippen LogP contribution in [0.1, 0.15) is 47.2 Å². The standard InChI is InChI=1S/C19H23N3O2/c20-12-14-5-7-16(8-6-14)19(23)22-13-15-9-10-21-18(11-15)24-17-3-1-2-4-17/h5-11,17H,1-4,12-13,20H2,(H,22,23). The maximum absolute atomic E-state index is 12.2. The van der Waals surface area contributed by atoms with Crippen molar-refractivity contribution in [3.05, 3.63) is 59.3 Å². The van der Waals surface area contributed by atoms with Crippen LogP contribution in [0.2, 0.25) is 0 Å². The second kappa shape index (κ2) is 7.93. The van der Waals surface area contributed by atoms with Crippen LogP contribution >= 0.6 is 0 Å². The van der Waals surface area contributed by atoms with E-state index in [1.165, 1.54) is 12.8 Å². The van der Waals surface area contributed by atoms with Gasteiger partial charge in [0.05, 0.1) is 0 Å². The number of rotatable bonds is 6. The smallest absolute Gasteiger partial charge is 0.251 e. The summed E-state index contributed by atoms with van der Waals surface area (Å²) in [6.45, 7) is 0.920. The highest BCUT2D eigenvalue weighted by Gasteiger charge is 2.17. The second-order valence-corrected chi connectivity index (χ2v) is 6.11. The summed E-state index contributed by atoms with van der Waals surface area (Å²) in [5.74, 6) is 0.537. The van der Waals surface area contributed by atoms with E-state index in [4.69, 9.17) is 10.5 Å². The van der Waals surface area contributed by atoms with Crippen LogP contribution in [0.5, 0.6) is 5.88 Å². The van der Waals surface area contributed by atoms with Crippen LogP contribution in [0.15, 0.2) is 42.6 Å². The Morgan fingerprint density at radius 2 is 1.92 bits per heavy atom. The van der Waals surface area contributed by atoms with Gasteiger partial charge >= 0.3 is 0 Å². The summed E-state index contributed by atoms with van der Waals surface area (Å²) in [4.78, 5) is 16.5. The number of carbonyl (C=O) groups is 1. The van der Waals surface area contributed by atoms with Gasteiger partial charge in [-0.05, 0) is 55.0 Å². The van der Waals surface area contributed by atoms with Crippen molar-refractivity contribution in [3.8, 4) is 5.88 Å². The molecule has 126 valence electrons. The van der Waals surface area contributed by atoms with Gasteiger partial charge in [-0.15, -0.1) is 0 Å². The number of hydrogen-bond acceptors (Lipinski definition) is 4. The van der Waals surface area contributed by atoms with Crippen LogP contribution < -0.4 is 15.8 Å². The second-order valence-electron chi connectivity index (χ2n) is 6.11. The van der Waals surface area contributed by atoms with Crippen molar-refractivity contribution in [3.63, 3.8) is 0 Å². The predicted molar refractivity (Wildman–Crippen MR) is 92.6 cm³/mol. The van der Waals surface area contributed by atoms with E-state index in [9.17, 15) is 4.79 Å². The van der Waals surface area contributed by atoms with Crippen molar-refractivity contribution in [2.45, 2.75) is 44.9 Å². The highest BCUT2D eigenvalue weighted by molar-refractivity contribution is 5.94. The van der Waals surface area contributed by atoms with Crippen molar-refractivity contribution in [2.75, 3.05) is 0 Å². The number of nitrogens with zero attached hydrogens (tertiary/aromatic N) is 1. The summed E-state index contributed by atoms with van der Waals surface area (Å²) < 4.78 is 5.90. The first-order chi connectivity index (χ1) is 11.7. The molecule has 0 atom stereocenters. The van der Waals surface area contributed by atoms with Gasteiger partial charge in [0.15, 0.2) is 0 Å². The van der Waals surface area contributed by atoms with Gasteiger partial charge in [-0.1, -0.05) is 12.1 Å². The zero-order valence-corrected chi connectivity index (χ0v) is 13.7. The van der Waals surface area contributed by atoms with Gasteiger partial charge in [0.1, 0.15) is 6.10 Å². The fourth-order valence-corrected chi connectivity index (χ4v) is 2.88. The zero-order valence-electron chi connectivity index (χ0n) is 13.7. The minimum atomic E-state index is -0.103. The molecule has 3 rings (SSSR count). The third kappa shape index (κ3) is 4.32. The Hall–Kier alpha value is -2.40. The molecular weight excluding hydrogens is 302 g/mol. The van der Waals surface area contributed by atoms with Crippen molar-refractivity contribution in [2.24, 2.45) is 5.73 Å². The first kappa shape index (κ1) is 16.5. The first-order valence-corrected chi connectivity index (χ1v) is 8.43. The molecule has 1 aromatic heterocycles. The quantitative estimate of drug-likeness (QED) is 0.856. The lowest BCUT2D eigenvalue weighted by molar-refractivity contribution is 0.0950. The first-order valence-electron chi connectivity index (χ1n) is 8.43. The highest BCUT2D eigenvalue weighted by atomic mass is 16.5. The number of hydrogen-bond donors (Lipinski definition) is 2. The van der Waals surface area contributed by atoms with E-state index in [0.717, 1.165) is 24.0 Å². The number of nitrogens with one attached hydrogen (secondary N) is 1. The summed E-state index contributed by atoms with van der Waals surface area (Å²) in [6.07, 6.45) is 6.65. The number of ether oxygens (including phenoxy) is 1. The Bertz CT molecular complexity index is 679. The third-order valence-corrected chi connectivity index (χ3v) is 4.29. The SMILES string of the molecule is NCc1ccc(C(=O)NCc2ccnc(OC3CCCC3)c2)cc1. The Balaban J connectivity index is 1.56. The van der Waals surface area contributed by atoms with E-state index in [1.54, 1.807) is 18.3 Å². The molecule has 1 aliphatic carbocycles. The molecule has 0 radical (unpaired) electrons. The fourth-order valence-electron chi connectivity index (χ4n) is 2.88. The van der Waals surface area contributed by atoms with Gasteiger partial charge in [-0.3, -0.25) is 4.79 Å². The Kier molecular flexibility index (Phi) is 5.43. The molecule has 1 heterocycles. The van der Waals surface area contributed by atoms with Crippen LogP contribution in [0.3, 0.4) is 0 Å². The average molecular weight is 325 g/mol. The van der Waals surface area contributed by atoms with Crippen LogP contribution in [-0.2, 0) is 13.1 Å². The molecule has 5 nitrogen and oxygen atoms in total. The van der Waals surface area contributed by atoms with Crippen molar-refractivity contribution >= 4 is 5.91 Å². The maximum atomic E-state index is 12.2. The van der Waals surface area contributed by atoms with E-state index in [1.807, 2.05) is 24.3 Å². The van der Waals surface area contributed by atoms with Gasteiger partial charge in [0.2, 0.25) is 5.88 Å². The van der Waals surface area contributed by atoms with Gasteiger partial charge in [0.25, 0.3) is 5.91 Å². The van der Waals surface area contributed by atoms with Crippen LogP contribution in [-0.4, -0.2) is 17.0 Å². The average Bonchev–Trinajstić information content (AvgIpc) is 3.13. The van der Waals surface area contributed by atoms with E-state index >= 15 is 0 Å². The zero-order chi connectivity index (χ0) is 16.8. The molecular formula is C19H23N3O2. The highest BCUT2D eigenvalue weighted by Crippen LogP contribution is 2.23. The molecule has 24 heavy (non-hydrogen) atoms. The Labute approximate surface area is 142 Å². The maximum Gasteiger partial charge on any atom is 0.251 e. The normalized spacial score (nSPS) is 14.5. The number of nitrogens with two attached hydrogens (primary N) is 1. The van der Waals surface area contributed by atoms with Gasteiger partial charge in [-0.2, -0.15) is 0 Å². The van der Waals surface area contributed by atoms with Crippen LogP contribution in [0, 0.1) is 0 Å². The van der Waals surface area contributed by atoms with Gasteiger partial charge in [-0.25, -0.2) is 4.98 Å². The van der Waals surface area contributed by atoms with Crippen LogP contribution in [0.4, 0.5) is 0 Å². The van der Waals surface area contributed by atoms with E-state index < -0.39 is 0 Å². The monoisotopic (exact) mass is 325 g/mol. The minimum Gasteiger partial charge on any atom is -0.474 e. The minimum absolute atomic E-state index is 0.103. The number of aromatic nitrogens is 1. The van der Waals surface area contributed by atoms with Gasteiger partial charge < -0.3 is 15.8 Å². The molecule has 0 bridgehead atoms. The molecule has 3 N–H and O–H groups in total. The lowest BCUT2D eigenvalue weighted by atomic mass is 10.1. The molecule has 5 heteroatoms. The van der Waals surface area contributed by atoms with E-state index in [-0.39, 0.29) is 12.0 Å². The Morgan fingerprint density at radius 1 is 1.17 bits per heavy atom. The molecule has 0 unspecified atom stereocenters. The van der Waals surface area contributed by atoms with Crippen LogP contribution in [0.25, 0.3) is 0 Å². The van der Waals surface area contributed by atoms with E-state index in [2.05, 4.69) is 10.3 Å². The lowest BCUT2D eigenvalue weighted by Crippen LogP contribution is -2.23. The largest absolute Gasteiger partial charge is 0.474 e. The molecule has 1 fully saturated rings. The summed E-state index contributed by atoms with van der Waals surface area (Å²) in [7, 11) is 0. The molecule has 0 aliphatic heterocycles. The number of benzene rings is 1. The van der Waals surface area contributed by atoms with Gasteiger partial charge in [0, 0.05) is 30.9 Å². The predicted octanol–water partition coefficient (Wildman–Crippen LogP) is 2.79. The lowest BCUT2D eigenvalue weighted by Gasteiger charge is -2.13. The number of pyridine rings is 1. The number of amides is 1. The van der Waals surface area contributed by atoms with E-state index in [0.29, 0.717) is 24.5 Å². The topological polar surface area (TPSA) is 77.2 Å². The Morgan fingerprint density at radius 3 is 2.62 bits per heavy atom. The molecule has 0 spiro atoms. The molecule has 1 saturated carbocycles. The van der Waals surface area contributed by atoms with Crippen molar-refractivity contribution in [1.82, 2.24) is 10.3 Å². The summed E-state index contributed by atoms with van der Waals surface area (Å²) in [6, 6.07) is 11.1. The summed E-state index contributed by atoms with van der Waals surface area (Å²) >= 11 is 0.